The molecule has 0 bridgehead atoms. The van der Waals surface area contributed by atoms with E-state index in [1.807, 2.05) is 0 Å². The Balaban J connectivity index is 1.70. The van der Waals surface area contributed by atoms with E-state index in [0.717, 1.165) is 6.07 Å². The van der Waals surface area contributed by atoms with Crippen molar-refractivity contribution in [2.75, 3.05) is 6.61 Å². The third-order valence-electron chi connectivity index (χ3n) is 5.39. The van der Waals surface area contributed by atoms with Crippen LogP contribution in [-0.4, -0.2) is 31.5 Å². The number of pyridine rings is 1. The maximum Gasteiger partial charge on any atom is 0.534 e. The predicted octanol–water partition coefficient (Wildman–Crippen LogP) is 3.95. The van der Waals surface area contributed by atoms with Gasteiger partial charge in [-0.15, -0.1) is 0 Å². The molecule has 35 heavy (non-hydrogen) atoms. The van der Waals surface area contributed by atoms with Crippen molar-refractivity contribution >= 4 is 16.1 Å². The standard InChI is InChI=1S/C21H12F5N3O5S/c22-15-8-11(34-35(30,31)21(24,25)26)7-14-17(15)33-16-4-3-10(12-2-1-5-28-18(12)23)6-13(16)20(14)9-32-19(27)29-20/h1-8H,9H2,(H2,27,29). The largest absolute Gasteiger partial charge is 0.534 e. The number of amidine groups is 1. The SMILES string of the molecule is NC1=NC2(CO1)c1cc(-c3cccnc3F)ccc1Oc1c(F)cc(OS(=O)(=O)C(F)(F)F)cc12. The Morgan fingerprint density at radius 3 is 2.51 bits per heavy atom. The number of rotatable bonds is 3. The number of nitrogens with two attached hydrogens (primary N) is 1. The van der Waals surface area contributed by atoms with Crippen LogP contribution in [0.25, 0.3) is 11.1 Å². The molecule has 0 radical (unpaired) electrons. The van der Waals surface area contributed by atoms with Gasteiger partial charge >= 0.3 is 15.6 Å². The Bertz CT molecular complexity index is 1510. The first-order valence-electron chi connectivity index (χ1n) is 9.67. The minimum absolute atomic E-state index is 0.0862. The molecule has 182 valence electrons. The lowest BCUT2D eigenvalue weighted by Crippen LogP contribution is -2.32. The molecule has 1 unspecified atom stereocenters. The zero-order chi connectivity index (χ0) is 25.2. The van der Waals surface area contributed by atoms with Gasteiger partial charge in [-0.05, 0) is 35.9 Å². The number of nitrogens with zero attached hydrogens (tertiary/aromatic N) is 2. The third kappa shape index (κ3) is 3.60. The fraction of sp³-hybridized carbons (Fsp3) is 0.143. The summed E-state index contributed by atoms with van der Waals surface area (Å²) in [4.78, 5) is 7.83. The van der Waals surface area contributed by atoms with Crippen molar-refractivity contribution in [2.24, 2.45) is 10.7 Å². The van der Waals surface area contributed by atoms with Crippen LogP contribution in [0.1, 0.15) is 11.1 Å². The minimum atomic E-state index is -6.10. The lowest BCUT2D eigenvalue weighted by molar-refractivity contribution is -0.0500. The molecule has 0 amide bonds. The Morgan fingerprint density at radius 2 is 1.86 bits per heavy atom. The second-order valence-electron chi connectivity index (χ2n) is 7.52. The van der Waals surface area contributed by atoms with Crippen LogP contribution in [-0.2, 0) is 20.4 Å². The predicted molar refractivity (Wildman–Crippen MR) is 110 cm³/mol. The highest BCUT2D eigenvalue weighted by molar-refractivity contribution is 7.88. The summed E-state index contributed by atoms with van der Waals surface area (Å²) in [6.45, 7) is -0.337. The van der Waals surface area contributed by atoms with Crippen LogP contribution in [0.5, 0.6) is 17.2 Å². The van der Waals surface area contributed by atoms with Crippen molar-refractivity contribution in [1.82, 2.24) is 4.98 Å². The zero-order valence-electron chi connectivity index (χ0n) is 17.1. The van der Waals surface area contributed by atoms with Crippen molar-refractivity contribution in [3.8, 4) is 28.4 Å². The number of aromatic nitrogens is 1. The number of benzene rings is 2. The van der Waals surface area contributed by atoms with Crippen LogP contribution in [0.15, 0.2) is 53.7 Å². The highest BCUT2D eigenvalue weighted by Gasteiger charge is 2.51. The normalized spacial score (nSPS) is 18.8. The van der Waals surface area contributed by atoms with E-state index < -0.39 is 44.4 Å². The number of aliphatic imine (C=N–C) groups is 1. The second kappa shape index (κ2) is 7.53. The molecule has 0 fully saturated rings. The van der Waals surface area contributed by atoms with Crippen molar-refractivity contribution in [3.63, 3.8) is 0 Å². The van der Waals surface area contributed by atoms with Crippen molar-refractivity contribution in [2.45, 2.75) is 11.0 Å². The number of alkyl halides is 3. The molecule has 0 saturated heterocycles. The van der Waals surface area contributed by atoms with E-state index in [9.17, 15) is 30.4 Å². The van der Waals surface area contributed by atoms with Crippen LogP contribution in [0.3, 0.4) is 0 Å². The molecule has 0 saturated carbocycles. The van der Waals surface area contributed by atoms with E-state index >= 15 is 0 Å². The molecular weight excluding hydrogens is 501 g/mol. The van der Waals surface area contributed by atoms with Gasteiger partial charge in [-0.1, -0.05) is 6.07 Å². The first-order valence-corrected chi connectivity index (χ1v) is 11.1. The lowest BCUT2D eigenvalue weighted by atomic mass is 9.80. The van der Waals surface area contributed by atoms with Crippen molar-refractivity contribution in [3.05, 3.63) is 71.6 Å². The van der Waals surface area contributed by atoms with Crippen LogP contribution in [0.4, 0.5) is 22.0 Å². The molecule has 2 aromatic carbocycles. The van der Waals surface area contributed by atoms with E-state index in [1.165, 1.54) is 36.5 Å². The van der Waals surface area contributed by atoms with Gasteiger partial charge in [0.1, 0.15) is 18.1 Å². The summed E-state index contributed by atoms with van der Waals surface area (Å²) in [5.74, 6) is -3.33. The monoisotopic (exact) mass is 513 g/mol. The number of hydrogen-bond donors (Lipinski definition) is 1. The molecule has 8 nitrogen and oxygen atoms in total. The topological polar surface area (TPSA) is 113 Å². The van der Waals surface area contributed by atoms with Gasteiger partial charge in [-0.25, -0.2) is 14.4 Å². The second-order valence-corrected chi connectivity index (χ2v) is 9.06. The zero-order valence-corrected chi connectivity index (χ0v) is 18.0. The summed E-state index contributed by atoms with van der Waals surface area (Å²) in [6, 6.07) is 8.30. The van der Waals surface area contributed by atoms with Crippen LogP contribution in [0.2, 0.25) is 0 Å². The summed E-state index contributed by atoms with van der Waals surface area (Å²) < 4.78 is 106. The first kappa shape index (κ1) is 22.8. The summed E-state index contributed by atoms with van der Waals surface area (Å²) in [6.07, 6.45) is 1.26. The molecule has 3 heterocycles. The highest BCUT2D eigenvalue weighted by atomic mass is 32.2. The summed E-state index contributed by atoms with van der Waals surface area (Å²) >= 11 is 0. The Kier molecular flexibility index (Phi) is 4.91. The fourth-order valence-electron chi connectivity index (χ4n) is 3.87. The number of hydrogen-bond acceptors (Lipinski definition) is 8. The van der Waals surface area contributed by atoms with Gasteiger partial charge in [-0.3, -0.25) is 0 Å². The molecule has 1 atom stereocenters. The van der Waals surface area contributed by atoms with Gasteiger partial charge < -0.3 is 19.4 Å². The first-order chi connectivity index (χ1) is 16.4. The Morgan fingerprint density at radius 1 is 1.09 bits per heavy atom. The molecule has 0 aliphatic carbocycles. The number of halogens is 5. The van der Waals surface area contributed by atoms with Crippen LogP contribution in [0, 0.1) is 11.8 Å². The van der Waals surface area contributed by atoms with E-state index in [4.69, 9.17) is 15.2 Å². The molecule has 2 N–H and O–H groups in total. The van der Waals surface area contributed by atoms with Crippen molar-refractivity contribution in [1.29, 1.82) is 0 Å². The van der Waals surface area contributed by atoms with E-state index in [-0.39, 0.29) is 35.1 Å². The number of ether oxygens (including phenoxy) is 2. The van der Waals surface area contributed by atoms with E-state index in [1.54, 1.807) is 0 Å². The lowest BCUT2D eigenvalue weighted by Gasteiger charge is -2.34. The Hall–Kier alpha value is -3.94. The van der Waals surface area contributed by atoms with Gasteiger partial charge in [0.15, 0.2) is 17.1 Å². The number of fused-ring (bicyclic) bond motifs is 4. The quantitative estimate of drug-likeness (QED) is 0.244. The average Bonchev–Trinajstić information content (AvgIpc) is 3.16. The molecule has 14 heteroatoms. The Labute approximate surface area is 193 Å². The third-order valence-corrected chi connectivity index (χ3v) is 6.37. The molecule has 1 spiro atoms. The molecule has 2 aliphatic heterocycles. The summed E-state index contributed by atoms with van der Waals surface area (Å²) in [5.41, 5.74) is -1.25. The smallest absolute Gasteiger partial charge is 0.462 e. The molecule has 2 aliphatic rings. The maximum absolute atomic E-state index is 15.0. The van der Waals surface area contributed by atoms with Gasteiger partial charge in [0.2, 0.25) is 5.95 Å². The average molecular weight is 513 g/mol. The molecule has 3 aromatic rings. The van der Waals surface area contributed by atoms with Gasteiger partial charge in [0, 0.05) is 29.0 Å². The molecule has 5 rings (SSSR count). The summed E-state index contributed by atoms with van der Waals surface area (Å²) in [5, 5.41) is 0. The summed E-state index contributed by atoms with van der Waals surface area (Å²) in [7, 11) is -6.10. The van der Waals surface area contributed by atoms with Gasteiger partial charge in [-0.2, -0.15) is 26.0 Å². The van der Waals surface area contributed by atoms with E-state index in [0.29, 0.717) is 11.6 Å². The van der Waals surface area contributed by atoms with E-state index in [2.05, 4.69) is 14.2 Å². The molecule has 1 aromatic heterocycles. The van der Waals surface area contributed by atoms with Crippen LogP contribution >= 0.6 is 0 Å². The van der Waals surface area contributed by atoms with Gasteiger partial charge in [0.05, 0.1) is 0 Å². The minimum Gasteiger partial charge on any atom is -0.462 e. The highest BCUT2D eigenvalue weighted by Crippen LogP contribution is 2.53. The molecular formula is C21H12F5N3O5S. The van der Waals surface area contributed by atoms with Crippen LogP contribution < -0.4 is 14.7 Å². The van der Waals surface area contributed by atoms with Crippen molar-refractivity contribution < 1.29 is 44.0 Å². The van der Waals surface area contributed by atoms with Gasteiger partial charge in [0.25, 0.3) is 6.02 Å². The maximum atomic E-state index is 15.0. The fourth-order valence-corrected chi connectivity index (χ4v) is 4.32.